The highest BCUT2D eigenvalue weighted by atomic mass is 35.5. The van der Waals surface area contributed by atoms with Crippen molar-refractivity contribution >= 4 is 29.1 Å². The van der Waals surface area contributed by atoms with Gasteiger partial charge in [0.25, 0.3) is 5.91 Å². The Kier molecular flexibility index (Phi) is 8.06. The number of quaternary nitrogens is 1. The van der Waals surface area contributed by atoms with Crippen LogP contribution < -0.4 is 24.2 Å². The molecule has 1 amide bonds. The van der Waals surface area contributed by atoms with Gasteiger partial charge in [0.1, 0.15) is 5.75 Å². The number of amides is 1. The lowest BCUT2D eigenvalue weighted by Crippen LogP contribution is -3.05. The standard InChI is InChI=1S/C25H29ClN2O6/c1-27(2)11-6-12-28-22(15-7-10-19(33-4)20(14-15)34-5)21(24(30)25(28)31)23(29)16-8-9-18(32-3)17(26)13-16/h7-10,13-14,22,29H,6,11-12H2,1-5H3. The normalized spacial score (nSPS) is 17.4. The second kappa shape index (κ2) is 10.8. The summed E-state index contributed by atoms with van der Waals surface area (Å²) in [6, 6.07) is 8.78. The van der Waals surface area contributed by atoms with Crippen LogP contribution in [-0.4, -0.2) is 65.1 Å². The number of nitrogens with zero attached hydrogens (tertiary/aromatic N) is 1. The topological polar surface area (TPSA) is 92.6 Å². The molecule has 0 aliphatic carbocycles. The average molecular weight is 489 g/mol. The Hall–Kier alpha value is -3.23. The van der Waals surface area contributed by atoms with Gasteiger partial charge < -0.3 is 29.1 Å². The Balaban J connectivity index is 2.16. The van der Waals surface area contributed by atoms with Crippen LogP contribution in [0.3, 0.4) is 0 Å². The van der Waals surface area contributed by atoms with E-state index in [4.69, 9.17) is 25.8 Å². The maximum atomic E-state index is 13.5. The van der Waals surface area contributed by atoms with Gasteiger partial charge in [-0.15, -0.1) is 0 Å². The minimum atomic E-state index is -0.856. The summed E-state index contributed by atoms with van der Waals surface area (Å²) in [5.74, 6) is -0.724. The molecule has 1 atom stereocenters. The molecule has 0 saturated carbocycles. The first kappa shape index (κ1) is 25.4. The second-order valence-corrected chi connectivity index (χ2v) is 8.65. The number of ether oxygens (including phenoxy) is 3. The molecule has 9 heteroatoms. The molecule has 0 spiro atoms. The Morgan fingerprint density at radius 2 is 1.65 bits per heavy atom. The predicted molar refractivity (Wildman–Crippen MR) is 126 cm³/mol. The number of rotatable bonds is 9. The Bertz CT molecular complexity index is 1110. The largest absolute Gasteiger partial charge is 0.872 e. The molecule has 1 unspecified atom stereocenters. The molecule has 1 fully saturated rings. The number of ketones is 1. The van der Waals surface area contributed by atoms with E-state index in [-0.39, 0.29) is 16.2 Å². The molecule has 2 aromatic rings. The summed E-state index contributed by atoms with van der Waals surface area (Å²) in [4.78, 5) is 28.9. The second-order valence-electron chi connectivity index (χ2n) is 8.25. The SMILES string of the molecule is COc1ccc(C([O-])=C2C(=O)C(=O)N(CCC[NH+](C)C)C2c2ccc(OC)c(OC)c2)cc1Cl. The highest BCUT2D eigenvalue weighted by Gasteiger charge is 2.44. The van der Waals surface area contributed by atoms with Crippen molar-refractivity contribution in [2.24, 2.45) is 0 Å². The first-order valence-electron chi connectivity index (χ1n) is 10.8. The molecular weight excluding hydrogens is 460 g/mol. The Morgan fingerprint density at radius 1 is 1.00 bits per heavy atom. The van der Waals surface area contributed by atoms with Gasteiger partial charge in [0.2, 0.25) is 5.78 Å². The number of Topliss-reactive ketones (excluding diaryl/α,β-unsaturated/α-hetero) is 1. The molecule has 3 rings (SSSR count). The Labute approximate surface area is 204 Å². The summed E-state index contributed by atoms with van der Waals surface area (Å²) in [5, 5.41) is 13.8. The number of methoxy groups -OCH3 is 3. The monoisotopic (exact) mass is 488 g/mol. The third-order valence-electron chi connectivity index (χ3n) is 5.74. The van der Waals surface area contributed by atoms with Crippen LogP contribution in [0.1, 0.15) is 23.6 Å². The van der Waals surface area contributed by atoms with Gasteiger partial charge in [0, 0.05) is 18.5 Å². The zero-order chi connectivity index (χ0) is 25.0. The summed E-state index contributed by atoms with van der Waals surface area (Å²) in [6.07, 6.45) is 0.668. The quantitative estimate of drug-likeness (QED) is 0.323. The van der Waals surface area contributed by atoms with Gasteiger partial charge in [0.15, 0.2) is 11.5 Å². The van der Waals surface area contributed by atoms with Gasteiger partial charge in [-0.1, -0.05) is 29.5 Å². The molecule has 0 aromatic heterocycles. The molecule has 1 aliphatic heterocycles. The number of halogens is 1. The van der Waals surface area contributed by atoms with Gasteiger partial charge in [-0.3, -0.25) is 9.59 Å². The van der Waals surface area contributed by atoms with E-state index in [0.29, 0.717) is 35.8 Å². The fourth-order valence-electron chi connectivity index (χ4n) is 4.04. The number of likely N-dealkylation sites (tertiary alicyclic amines) is 1. The van der Waals surface area contributed by atoms with Gasteiger partial charge in [-0.05, 0) is 35.4 Å². The van der Waals surface area contributed by atoms with E-state index in [9.17, 15) is 14.7 Å². The smallest absolute Gasteiger partial charge is 0.295 e. The van der Waals surface area contributed by atoms with E-state index < -0.39 is 23.5 Å². The molecule has 0 bridgehead atoms. The lowest BCUT2D eigenvalue weighted by atomic mass is 9.95. The molecule has 8 nitrogen and oxygen atoms in total. The highest BCUT2D eigenvalue weighted by molar-refractivity contribution is 6.46. The number of hydrogen-bond donors (Lipinski definition) is 1. The van der Waals surface area contributed by atoms with E-state index in [2.05, 4.69) is 0 Å². The molecule has 1 saturated heterocycles. The van der Waals surface area contributed by atoms with Crippen LogP contribution in [0.25, 0.3) is 5.76 Å². The lowest BCUT2D eigenvalue weighted by Gasteiger charge is -2.28. The third kappa shape index (κ3) is 4.98. The van der Waals surface area contributed by atoms with Gasteiger partial charge in [-0.2, -0.15) is 0 Å². The fourth-order valence-corrected chi connectivity index (χ4v) is 4.29. The van der Waals surface area contributed by atoms with Crippen molar-refractivity contribution in [2.45, 2.75) is 12.5 Å². The summed E-state index contributed by atoms with van der Waals surface area (Å²) in [6.45, 7) is 1.13. The van der Waals surface area contributed by atoms with Gasteiger partial charge >= 0.3 is 0 Å². The minimum Gasteiger partial charge on any atom is -0.872 e. The summed E-state index contributed by atoms with van der Waals surface area (Å²) < 4.78 is 15.9. The van der Waals surface area contributed by atoms with Crippen LogP contribution in [0, 0.1) is 0 Å². The molecule has 182 valence electrons. The first-order valence-corrected chi connectivity index (χ1v) is 11.2. The van der Waals surface area contributed by atoms with Crippen molar-refractivity contribution in [3.63, 3.8) is 0 Å². The van der Waals surface area contributed by atoms with Gasteiger partial charge in [-0.25, -0.2) is 0 Å². The summed E-state index contributed by atoms with van der Waals surface area (Å²) in [7, 11) is 8.51. The van der Waals surface area contributed by atoms with Crippen LogP contribution in [-0.2, 0) is 9.59 Å². The van der Waals surface area contributed by atoms with Crippen LogP contribution in [0.5, 0.6) is 17.2 Å². The molecule has 1 heterocycles. The number of carbonyl (C=O) groups is 2. The third-order valence-corrected chi connectivity index (χ3v) is 6.04. The maximum Gasteiger partial charge on any atom is 0.295 e. The maximum absolute atomic E-state index is 13.5. The predicted octanol–water partition coefficient (Wildman–Crippen LogP) is 1.12. The molecule has 1 N–H and O–H groups in total. The summed E-state index contributed by atoms with van der Waals surface area (Å²) in [5.41, 5.74) is 0.666. The van der Waals surface area contributed by atoms with E-state index in [1.165, 1.54) is 43.3 Å². The van der Waals surface area contributed by atoms with Crippen LogP contribution in [0.15, 0.2) is 42.0 Å². The molecule has 2 aromatic carbocycles. The summed E-state index contributed by atoms with van der Waals surface area (Å²) >= 11 is 6.22. The number of carbonyl (C=O) groups excluding carboxylic acids is 2. The van der Waals surface area contributed by atoms with Crippen LogP contribution >= 0.6 is 11.6 Å². The van der Waals surface area contributed by atoms with Crippen molar-refractivity contribution in [1.29, 1.82) is 0 Å². The van der Waals surface area contributed by atoms with Crippen molar-refractivity contribution in [3.05, 3.63) is 58.1 Å². The van der Waals surface area contributed by atoms with Crippen molar-refractivity contribution in [1.82, 2.24) is 4.90 Å². The van der Waals surface area contributed by atoms with Crippen LogP contribution in [0.4, 0.5) is 0 Å². The molecule has 34 heavy (non-hydrogen) atoms. The van der Waals surface area contributed by atoms with Crippen LogP contribution in [0.2, 0.25) is 5.02 Å². The number of benzene rings is 2. The average Bonchev–Trinajstić information content (AvgIpc) is 3.07. The van der Waals surface area contributed by atoms with E-state index in [1.807, 2.05) is 14.1 Å². The van der Waals surface area contributed by atoms with E-state index in [0.717, 1.165) is 6.54 Å². The van der Waals surface area contributed by atoms with Crippen molar-refractivity contribution < 1.29 is 33.8 Å². The number of nitrogens with one attached hydrogen (secondary N) is 1. The first-order chi connectivity index (χ1) is 16.2. The Morgan fingerprint density at radius 3 is 2.24 bits per heavy atom. The minimum absolute atomic E-state index is 0.115. The lowest BCUT2D eigenvalue weighted by molar-refractivity contribution is -0.858. The molecule has 1 aliphatic rings. The highest BCUT2D eigenvalue weighted by Crippen LogP contribution is 2.42. The van der Waals surface area contributed by atoms with Gasteiger partial charge in [0.05, 0.1) is 53.0 Å². The zero-order valence-corrected chi connectivity index (χ0v) is 20.7. The van der Waals surface area contributed by atoms with E-state index >= 15 is 0 Å². The molecule has 0 radical (unpaired) electrons. The van der Waals surface area contributed by atoms with Crippen molar-refractivity contribution in [2.75, 3.05) is 48.5 Å². The molecular formula is C25H29ClN2O6. The zero-order valence-electron chi connectivity index (χ0n) is 19.9. The van der Waals surface area contributed by atoms with E-state index in [1.54, 1.807) is 24.3 Å². The number of hydrogen-bond acceptors (Lipinski definition) is 6. The fraction of sp³-hybridized carbons (Fsp3) is 0.360. The van der Waals surface area contributed by atoms with Crippen molar-refractivity contribution in [3.8, 4) is 17.2 Å².